The van der Waals surface area contributed by atoms with Gasteiger partial charge in [-0.25, -0.2) is 0 Å². The van der Waals surface area contributed by atoms with Crippen LogP contribution >= 0.6 is 0 Å². The standard InChI is InChI=1S/C19H25N3O4/c1-2-24-16-6-8-17(9-7-16)26-14-19(23)21-15-11-20-22(12-15)13-18-5-3-4-10-25-18/h6-9,11-12,18H,2-5,10,13-14H2,1H3,(H,21,23). The highest BCUT2D eigenvalue weighted by molar-refractivity contribution is 5.91. The lowest BCUT2D eigenvalue weighted by atomic mass is 10.1. The molecule has 2 heterocycles. The van der Waals surface area contributed by atoms with E-state index >= 15 is 0 Å². The van der Waals surface area contributed by atoms with Gasteiger partial charge in [-0.3, -0.25) is 9.48 Å². The number of rotatable bonds is 8. The second-order valence-corrected chi connectivity index (χ2v) is 6.18. The van der Waals surface area contributed by atoms with Crippen LogP contribution in [0.2, 0.25) is 0 Å². The predicted octanol–water partition coefficient (Wildman–Crippen LogP) is 2.87. The summed E-state index contributed by atoms with van der Waals surface area (Å²) in [5.74, 6) is 1.17. The summed E-state index contributed by atoms with van der Waals surface area (Å²) in [6, 6.07) is 7.18. The zero-order chi connectivity index (χ0) is 18.2. The van der Waals surface area contributed by atoms with Gasteiger partial charge in [0, 0.05) is 12.8 Å². The van der Waals surface area contributed by atoms with Crippen molar-refractivity contribution >= 4 is 11.6 Å². The van der Waals surface area contributed by atoms with Gasteiger partial charge < -0.3 is 19.5 Å². The van der Waals surface area contributed by atoms with Gasteiger partial charge in [0.15, 0.2) is 6.61 Å². The Morgan fingerprint density at radius 3 is 2.73 bits per heavy atom. The average Bonchev–Trinajstić information content (AvgIpc) is 3.09. The van der Waals surface area contributed by atoms with E-state index in [2.05, 4.69) is 10.4 Å². The van der Waals surface area contributed by atoms with E-state index in [1.807, 2.05) is 25.3 Å². The first-order valence-electron chi connectivity index (χ1n) is 9.02. The topological polar surface area (TPSA) is 74.6 Å². The zero-order valence-electron chi connectivity index (χ0n) is 15.0. The minimum atomic E-state index is -0.229. The number of hydrogen-bond acceptors (Lipinski definition) is 5. The Bertz CT molecular complexity index is 693. The van der Waals surface area contributed by atoms with Gasteiger partial charge in [0.05, 0.1) is 31.1 Å². The molecule has 1 aliphatic rings. The Labute approximate surface area is 153 Å². The second-order valence-electron chi connectivity index (χ2n) is 6.18. The number of amides is 1. The molecule has 7 heteroatoms. The molecule has 0 bridgehead atoms. The summed E-state index contributed by atoms with van der Waals surface area (Å²) in [6.07, 6.45) is 7.03. The van der Waals surface area contributed by atoms with Gasteiger partial charge in [-0.15, -0.1) is 0 Å². The fraction of sp³-hybridized carbons (Fsp3) is 0.474. The highest BCUT2D eigenvalue weighted by atomic mass is 16.5. The summed E-state index contributed by atoms with van der Waals surface area (Å²) in [6.45, 7) is 4.00. The van der Waals surface area contributed by atoms with Crippen molar-refractivity contribution < 1.29 is 19.0 Å². The lowest BCUT2D eigenvalue weighted by Crippen LogP contribution is -2.24. The molecule has 1 unspecified atom stereocenters. The first kappa shape index (κ1) is 18.3. The Morgan fingerprint density at radius 2 is 2.04 bits per heavy atom. The van der Waals surface area contributed by atoms with Crippen molar-refractivity contribution in [2.24, 2.45) is 0 Å². The molecule has 26 heavy (non-hydrogen) atoms. The van der Waals surface area contributed by atoms with Gasteiger partial charge in [0.2, 0.25) is 0 Å². The van der Waals surface area contributed by atoms with Crippen LogP contribution in [0.1, 0.15) is 26.2 Å². The van der Waals surface area contributed by atoms with Gasteiger partial charge in [-0.1, -0.05) is 0 Å². The Balaban J connectivity index is 1.43. The van der Waals surface area contributed by atoms with Crippen LogP contribution in [0.4, 0.5) is 5.69 Å². The SMILES string of the molecule is CCOc1ccc(OCC(=O)Nc2cnn(CC3CCCCO3)c2)cc1. The van der Waals surface area contributed by atoms with Crippen LogP contribution in [0.3, 0.4) is 0 Å². The van der Waals surface area contributed by atoms with Crippen molar-refractivity contribution in [1.29, 1.82) is 0 Å². The molecule has 1 amide bonds. The maximum absolute atomic E-state index is 12.0. The van der Waals surface area contributed by atoms with Gasteiger partial charge in [0.1, 0.15) is 11.5 Å². The van der Waals surface area contributed by atoms with Crippen LogP contribution in [0.25, 0.3) is 0 Å². The molecule has 1 aromatic heterocycles. The number of benzene rings is 1. The van der Waals surface area contributed by atoms with Gasteiger partial charge >= 0.3 is 0 Å². The minimum Gasteiger partial charge on any atom is -0.494 e. The summed E-state index contributed by atoms with van der Waals surface area (Å²) in [7, 11) is 0. The molecule has 3 rings (SSSR count). The molecule has 0 saturated carbocycles. The number of carbonyl (C=O) groups is 1. The zero-order valence-corrected chi connectivity index (χ0v) is 15.0. The molecule has 1 aromatic carbocycles. The Hall–Kier alpha value is -2.54. The molecule has 0 aliphatic carbocycles. The van der Waals surface area contributed by atoms with Crippen molar-refractivity contribution in [3.8, 4) is 11.5 Å². The number of carbonyl (C=O) groups excluding carboxylic acids is 1. The number of nitrogens with one attached hydrogen (secondary N) is 1. The number of anilines is 1. The maximum atomic E-state index is 12.0. The Morgan fingerprint density at radius 1 is 1.27 bits per heavy atom. The van der Waals surface area contributed by atoms with Crippen LogP contribution in [-0.4, -0.2) is 41.6 Å². The summed E-state index contributed by atoms with van der Waals surface area (Å²) in [5, 5.41) is 7.06. The van der Waals surface area contributed by atoms with Crippen LogP contribution in [-0.2, 0) is 16.1 Å². The van der Waals surface area contributed by atoms with Crippen molar-refractivity contribution in [2.45, 2.75) is 38.8 Å². The van der Waals surface area contributed by atoms with Crippen LogP contribution in [0.5, 0.6) is 11.5 Å². The average molecular weight is 359 g/mol. The number of nitrogens with zero attached hydrogens (tertiary/aromatic N) is 2. The largest absolute Gasteiger partial charge is 0.494 e. The molecule has 1 N–H and O–H groups in total. The van der Waals surface area contributed by atoms with Gasteiger partial charge in [-0.2, -0.15) is 5.10 Å². The number of aromatic nitrogens is 2. The molecule has 0 radical (unpaired) electrons. The highest BCUT2D eigenvalue weighted by Gasteiger charge is 2.15. The third-order valence-electron chi connectivity index (χ3n) is 4.09. The number of ether oxygens (including phenoxy) is 3. The van der Waals surface area contributed by atoms with E-state index in [0.717, 1.165) is 25.2 Å². The van der Waals surface area contributed by atoms with Crippen molar-refractivity contribution in [1.82, 2.24) is 9.78 Å². The molecule has 7 nitrogen and oxygen atoms in total. The summed E-state index contributed by atoms with van der Waals surface area (Å²) < 4.78 is 18.4. The third kappa shape index (κ3) is 5.49. The smallest absolute Gasteiger partial charge is 0.262 e. The molecular weight excluding hydrogens is 334 g/mol. The molecule has 1 saturated heterocycles. The van der Waals surface area contributed by atoms with E-state index in [0.29, 0.717) is 24.6 Å². The summed E-state index contributed by atoms with van der Waals surface area (Å²) >= 11 is 0. The maximum Gasteiger partial charge on any atom is 0.262 e. The van der Waals surface area contributed by atoms with Gasteiger partial charge in [0.25, 0.3) is 5.91 Å². The predicted molar refractivity (Wildman–Crippen MR) is 97.6 cm³/mol. The number of hydrogen-bond donors (Lipinski definition) is 1. The van der Waals surface area contributed by atoms with Crippen LogP contribution in [0, 0.1) is 0 Å². The molecule has 2 aromatic rings. The van der Waals surface area contributed by atoms with E-state index in [9.17, 15) is 4.79 Å². The fourth-order valence-corrected chi connectivity index (χ4v) is 2.83. The molecular formula is C19H25N3O4. The van der Waals surface area contributed by atoms with E-state index in [1.54, 1.807) is 23.0 Å². The van der Waals surface area contributed by atoms with E-state index < -0.39 is 0 Å². The van der Waals surface area contributed by atoms with Crippen molar-refractivity contribution in [2.75, 3.05) is 25.1 Å². The molecule has 1 fully saturated rings. The quantitative estimate of drug-likeness (QED) is 0.784. The highest BCUT2D eigenvalue weighted by Crippen LogP contribution is 2.18. The normalized spacial score (nSPS) is 16.9. The fourth-order valence-electron chi connectivity index (χ4n) is 2.83. The van der Waals surface area contributed by atoms with Gasteiger partial charge in [-0.05, 0) is 50.5 Å². The summed E-state index contributed by atoms with van der Waals surface area (Å²) in [5.41, 5.74) is 0.654. The van der Waals surface area contributed by atoms with Crippen LogP contribution < -0.4 is 14.8 Å². The molecule has 1 atom stereocenters. The second kappa shape index (κ2) is 9.24. The van der Waals surface area contributed by atoms with Crippen molar-refractivity contribution in [3.05, 3.63) is 36.7 Å². The van der Waals surface area contributed by atoms with Crippen LogP contribution in [0.15, 0.2) is 36.7 Å². The monoisotopic (exact) mass is 359 g/mol. The molecule has 140 valence electrons. The van der Waals surface area contributed by atoms with Crippen molar-refractivity contribution in [3.63, 3.8) is 0 Å². The lowest BCUT2D eigenvalue weighted by Gasteiger charge is -2.22. The summed E-state index contributed by atoms with van der Waals surface area (Å²) in [4.78, 5) is 12.0. The Kier molecular flexibility index (Phi) is 6.49. The minimum absolute atomic E-state index is 0.0646. The van der Waals surface area contributed by atoms with E-state index in [4.69, 9.17) is 14.2 Å². The first-order valence-corrected chi connectivity index (χ1v) is 9.02. The molecule has 0 spiro atoms. The van der Waals surface area contributed by atoms with E-state index in [-0.39, 0.29) is 18.6 Å². The van der Waals surface area contributed by atoms with E-state index in [1.165, 1.54) is 6.42 Å². The molecule has 1 aliphatic heterocycles. The lowest BCUT2D eigenvalue weighted by molar-refractivity contribution is -0.118. The third-order valence-corrected chi connectivity index (χ3v) is 4.09. The first-order chi connectivity index (χ1) is 12.7.